The van der Waals surface area contributed by atoms with E-state index in [1.807, 2.05) is 18.8 Å². The minimum atomic E-state index is -0.368. The first-order valence-electron chi connectivity index (χ1n) is 6.81. The predicted octanol–water partition coefficient (Wildman–Crippen LogP) is 4.04. The first kappa shape index (κ1) is 16.5. The molecule has 1 heterocycles. The van der Waals surface area contributed by atoms with Crippen LogP contribution in [0.3, 0.4) is 0 Å². The van der Waals surface area contributed by atoms with Gasteiger partial charge in [-0.3, -0.25) is 4.68 Å². The molecule has 0 fully saturated rings. The molecular formula is C15H18BrClFN3. The number of aryl methyl sites for hydroxylation is 2. The molecule has 0 saturated carbocycles. The Balaban J connectivity index is 2.36. The number of nitrogens with one attached hydrogen (secondary N) is 1. The molecule has 0 saturated heterocycles. The molecule has 1 unspecified atom stereocenters. The van der Waals surface area contributed by atoms with E-state index in [0.717, 1.165) is 22.3 Å². The number of hydrogen-bond acceptors (Lipinski definition) is 2. The molecule has 0 radical (unpaired) electrons. The van der Waals surface area contributed by atoms with Gasteiger partial charge in [0.1, 0.15) is 5.82 Å². The lowest BCUT2D eigenvalue weighted by molar-refractivity contribution is 0.519. The molecular weight excluding hydrogens is 357 g/mol. The summed E-state index contributed by atoms with van der Waals surface area (Å²) in [5.41, 5.74) is 2.61. The summed E-state index contributed by atoms with van der Waals surface area (Å²) in [4.78, 5) is 0. The molecule has 2 aromatic rings. The number of rotatable bonds is 5. The SMILES string of the molecule is CCc1nn(C)c(CC(NC)c2cccc(Cl)c2F)c1Br. The van der Waals surface area contributed by atoms with Gasteiger partial charge in [0, 0.05) is 25.1 Å². The molecule has 0 spiro atoms. The van der Waals surface area contributed by atoms with Crippen LogP contribution in [0.25, 0.3) is 0 Å². The Morgan fingerprint density at radius 2 is 2.19 bits per heavy atom. The molecule has 21 heavy (non-hydrogen) atoms. The smallest absolute Gasteiger partial charge is 0.146 e. The second-order valence-corrected chi connectivity index (χ2v) is 6.07. The summed E-state index contributed by atoms with van der Waals surface area (Å²) in [7, 11) is 3.72. The second kappa shape index (κ2) is 6.90. The van der Waals surface area contributed by atoms with E-state index in [-0.39, 0.29) is 16.9 Å². The van der Waals surface area contributed by atoms with Gasteiger partial charge >= 0.3 is 0 Å². The summed E-state index contributed by atoms with van der Waals surface area (Å²) in [5, 5.41) is 7.77. The van der Waals surface area contributed by atoms with Crippen molar-refractivity contribution in [1.29, 1.82) is 0 Å². The highest BCUT2D eigenvalue weighted by Crippen LogP contribution is 2.29. The third-order valence-corrected chi connectivity index (χ3v) is 4.81. The van der Waals surface area contributed by atoms with Gasteiger partial charge in [0.05, 0.1) is 20.9 Å². The Kier molecular flexibility index (Phi) is 5.41. The van der Waals surface area contributed by atoms with E-state index >= 15 is 0 Å². The highest BCUT2D eigenvalue weighted by atomic mass is 79.9. The molecule has 0 bridgehead atoms. The molecule has 0 aliphatic carbocycles. The Morgan fingerprint density at radius 1 is 1.48 bits per heavy atom. The fourth-order valence-electron chi connectivity index (χ4n) is 2.39. The number of aromatic nitrogens is 2. The second-order valence-electron chi connectivity index (χ2n) is 4.87. The molecule has 6 heteroatoms. The van der Waals surface area contributed by atoms with Gasteiger partial charge in [-0.1, -0.05) is 30.7 Å². The van der Waals surface area contributed by atoms with Crippen LogP contribution in [0.4, 0.5) is 4.39 Å². The maximum atomic E-state index is 14.2. The number of hydrogen-bond donors (Lipinski definition) is 1. The number of likely N-dealkylation sites (N-methyl/N-ethyl adjacent to an activating group) is 1. The molecule has 1 atom stereocenters. The minimum absolute atomic E-state index is 0.145. The molecule has 114 valence electrons. The van der Waals surface area contributed by atoms with Gasteiger partial charge in [0.15, 0.2) is 0 Å². The Morgan fingerprint density at radius 3 is 2.76 bits per heavy atom. The van der Waals surface area contributed by atoms with E-state index in [0.29, 0.717) is 12.0 Å². The van der Waals surface area contributed by atoms with Crippen molar-refractivity contribution in [1.82, 2.24) is 15.1 Å². The van der Waals surface area contributed by atoms with Gasteiger partial charge in [-0.05, 0) is 35.5 Å². The molecule has 1 N–H and O–H groups in total. The average molecular weight is 375 g/mol. The Bertz CT molecular complexity index is 642. The fourth-order valence-corrected chi connectivity index (χ4v) is 3.35. The lowest BCUT2D eigenvalue weighted by Gasteiger charge is -2.18. The molecule has 1 aromatic carbocycles. The highest BCUT2D eigenvalue weighted by molar-refractivity contribution is 9.10. The van der Waals surface area contributed by atoms with Crippen LogP contribution in [0.15, 0.2) is 22.7 Å². The summed E-state index contributed by atoms with van der Waals surface area (Å²) in [6, 6.07) is 4.91. The predicted molar refractivity (Wildman–Crippen MR) is 87.2 cm³/mol. The molecule has 1 aromatic heterocycles. The summed E-state index contributed by atoms with van der Waals surface area (Å²) in [5.74, 6) is -0.368. The number of benzene rings is 1. The van der Waals surface area contributed by atoms with Gasteiger partial charge in [-0.25, -0.2) is 4.39 Å². The van der Waals surface area contributed by atoms with Crippen molar-refractivity contribution >= 4 is 27.5 Å². The van der Waals surface area contributed by atoms with Crippen molar-refractivity contribution in [3.8, 4) is 0 Å². The van der Waals surface area contributed by atoms with Crippen molar-refractivity contribution in [3.63, 3.8) is 0 Å². The zero-order chi connectivity index (χ0) is 15.6. The van der Waals surface area contributed by atoms with Crippen LogP contribution in [0.2, 0.25) is 5.02 Å². The number of halogens is 3. The van der Waals surface area contributed by atoms with E-state index in [9.17, 15) is 4.39 Å². The third-order valence-electron chi connectivity index (χ3n) is 3.61. The van der Waals surface area contributed by atoms with Crippen LogP contribution in [-0.2, 0) is 19.9 Å². The molecule has 0 aliphatic heterocycles. The zero-order valence-corrected chi connectivity index (χ0v) is 14.6. The van der Waals surface area contributed by atoms with Crippen LogP contribution in [0.1, 0.15) is 29.9 Å². The number of nitrogens with zero attached hydrogens (tertiary/aromatic N) is 2. The van der Waals surface area contributed by atoms with Gasteiger partial charge < -0.3 is 5.32 Å². The lowest BCUT2D eigenvalue weighted by Crippen LogP contribution is -2.21. The lowest BCUT2D eigenvalue weighted by atomic mass is 10.0. The first-order valence-corrected chi connectivity index (χ1v) is 7.98. The summed E-state index contributed by atoms with van der Waals surface area (Å²) in [6.07, 6.45) is 1.47. The van der Waals surface area contributed by atoms with Crippen molar-refractivity contribution in [2.75, 3.05) is 7.05 Å². The largest absolute Gasteiger partial charge is 0.313 e. The maximum Gasteiger partial charge on any atom is 0.146 e. The van der Waals surface area contributed by atoms with Gasteiger partial charge in [-0.15, -0.1) is 0 Å². The van der Waals surface area contributed by atoms with E-state index in [1.165, 1.54) is 0 Å². The van der Waals surface area contributed by atoms with Crippen LogP contribution in [0, 0.1) is 5.82 Å². The van der Waals surface area contributed by atoms with E-state index in [1.54, 1.807) is 18.2 Å². The minimum Gasteiger partial charge on any atom is -0.313 e. The monoisotopic (exact) mass is 373 g/mol. The maximum absolute atomic E-state index is 14.2. The van der Waals surface area contributed by atoms with Crippen LogP contribution < -0.4 is 5.32 Å². The van der Waals surface area contributed by atoms with E-state index in [2.05, 4.69) is 33.3 Å². The Hall–Kier alpha value is -0.910. The first-order chi connectivity index (χ1) is 9.99. The third kappa shape index (κ3) is 3.30. The average Bonchev–Trinajstić information content (AvgIpc) is 2.74. The van der Waals surface area contributed by atoms with Gasteiger partial charge in [-0.2, -0.15) is 5.10 Å². The fraction of sp³-hybridized carbons (Fsp3) is 0.400. The van der Waals surface area contributed by atoms with Crippen LogP contribution >= 0.6 is 27.5 Å². The zero-order valence-electron chi connectivity index (χ0n) is 12.3. The van der Waals surface area contributed by atoms with Gasteiger partial charge in [0.25, 0.3) is 0 Å². The summed E-state index contributed by atoms with van der Waals surface area (Å²) >= 11 is 9.47. The van der Waals surface area contributed by atoms with E-state index < -0.39 is 0 Å². The normalized spacial score (nSPS) is 12.7. The van der Waals surface area contributed by atoms with Gasteiger partial charge in [0.2, 0.25) is 0 Å². The van der Waals surface area contributed by atoms with Crippen molar-refractivity contribution in [3.05, 3.63) is 50.5 Å². The molecule has 3 nitrogen and oxygen atoms in total. The topological polar surface area (TPSA) is 29.9 Å². The van der Waals surface area contributed by atoms with Crippen molar-refractivity contribution in [2.24, 2.45) is 7.05 Å². The quantitative estimate of drug-likeness (QED) is 0.856. The molecule has 2 rings (SSSR count). The van der Waals surface area contributed by atoms with E-state index in [4.69, 9.17) is 11.6 Å². The summed E-state index contributed by atoms with van der Waals surface area (Å²) in [6.45, 7) is 2.06. The van der Waals surface area contributed by atoms with Crippen molar-refractivity contribution in [2.45, 2.75) is 25.8 Å². The summed E-state index contributed by atoms with van der Waals surface area (Å²) < 4.78 is 17.0. The van der Waals surface area contributed by atoms with Crippen LogP contribution in [-0.4, -0.2) is 16.8 Å². The highest BCUT2D eigenvalue weighted by Gasteiger charge is 2.21. The Labute approximate surface area is 137 Å². The standard InChI is InChI=1S/C15H18BrClFN3/c1-4-11-14(16)13(21(3)20-11)8-12(19-2)9-6-5-7-10(17)15(9)18/h5-7,12,19H,4,8H2,1-3H3. The molecule has 0 amide bonds. The van der Waals surface area contributed by atoms with Crippen molar-refractivity contribution < 1.29 is 4.39 Å². The molecule has 0 aliphatic rings. The van der Waals surface area contributed by atoms with Crippen LogP contribution in [0.5, 0.6) is 0 Å².